The van der Waals surface area contributed by atoms with E-state index in [2.05, 4.69) is 0 Å². The molecule has 8 heteroatoms. The first-order chi connectivity index (χ1) is 14.0. The fraction of sp³-hybridized carbons (Fsp3) is 0.190. The zero-order chi connectivity index (χ0) is 20.5. The summed E-state index contributed by atoms with van der Waals surface area (Å²) in [5.74, 6) is -1.29. The number of rotatable bonds is 6. The molecule has 2 heterocycles. The Morgan fingerprint density at radius 2 is 1.93 bits per heavy atom. The number of benzene rings is 2. The lowest BCUT2D eigenvalue weighted by molar-refractivity contribution is -0.139. The van der Waals surface area contributed by atoms with Crippen molar-refractivity contribution in [3.63, 3.8) is 0 Å². The van der Waals surface area contributed by atoms with Crippen LogP contribution in [0.1, 0.15) is 26.9 Å². The molecule has 2 aromatic carbocycles. The number of nitrogens with two attached hydrogens (primary N) is 1. The number of hydrogen-bond donors (Lipinski definition) is 2. The van der Waals surface area contributed by atoms with Crippen LogP contribution in [0.4, 0.5) is 0 Å². The van der Waals surface area contributed by atoms with Crippen LogP contribution in [0.2, 0.25) is 0 Å². The highest BCUT2D eigenvalue weighted by molar-refractivity contribution is 8.01. The molecule has 0 unspecified atom stereocenters. The number of primary amides is 1. The second kappa shape index (κ2) is 7.63. The van der Waals surface area contributed by atoms with Gasteiger partial charge in [-0.1, -0.05) is 36.4 Å². The molecule has 0 spiro atoms. The average molecular weight is 410 g/mol. The van der Waals surface area contributed by atoms with E-state index in [0.717, 1.165) is 5.56 Å². The van der Waals surface area contributed by atoms with Crippen LogP contribution >= 0.6 is 11.8 Å². The first-order valence-corrected chi connectivity index (χ1v) is 10.00. The fourth-order valence-electron chi connectivity index (χ4n) is 3.68. The van der Waals surface area contributed by atoms with Gasteiger partial charge in [-0.3, -0.25) is 9.59 Å². The zero-order valence-corrected chi connectivity index (χ0v) is 16.1. The van der Waals surface area contributed by atoms with Crippen molar-refractivity contribution in [2.75, 3.05) is 12.4 Å². The average Bonchev–Trinajstić information content (AvgIpc) is 3.03. The topological polar surface area (TPSA) is 112 Å². The summed E-state index contributed by atoms with van der Waals surface area (Å²) < 4.78 is 7.35. The zero-order valence-electron chi connectivity index (χ0n) is 15.3. The number of ketones is 1. The maximum atomic E-state index is 12.9. The number of aliphatic carboxylic acids is 1. The number of nitrogens with zero attached hydrogens (tertiary/aromatic N) is 1. The SMILES string of the molecule is NC(=O)[C@H]1SCC(=O)c2c1c1c(OCC(=O)O)cccc1n2Cc1ccccc1. The molecule has 148 valence electrons. The Balaban J connectivity index is 1.98. The third-order valence-corrected chi connectivity index (χ3v) is 6.02. The molecule has 3 N–H and O–H groups in total. The van der Waals surface area contributed by atoms with E-state index < -0.39 is 23.7 Å². The molecule has 1 amide bonds. The van der Waals surface area contributed by atoms with E-state index in [0.29, 0.717) is 34.5 Å². The Hall–Kier alpha value is -3.26. The molecule has 1 aromatic heterocycles. The van der Waals surface area contributed by atoms with Gasteiger partial charge >= 0.3 is 5.97 Å². The van der Waals surface area contributed by atoms with Gasteiger partial charge in [-0.25, -0.2) is 4.79 Å². The first-order valence-electron chi connectivity index (χ1n) is 8.95. The van der Waals surface area contributed by atoms with Gasteiger partial charge in [0.05, 0.1) is 17.0 Å². The Labute approximate surface area is 170 Å². The summed E-state index contributed by atoms with van der Waals surface area (Å²) in [6, 6.07) is 14.9. The van der Waals surface area contributed by atoms with Crippen LogP contribution in [0.15, 0.2) is 48.5 Å². The minimum absolute atomic E-state index is 0.0983. The van der Waals surface area contributed by atoms with Crippen LogP contribution in [0, 0.1) is 0 Å². The summed E-state index contributed by atoms with van der Waals surface area (Å²) in [6.07, 6.45) is 0. The van der Waals surface area contributed by atoms with Crippen molar-refractivity contribution in [3.8, 4) is 5.75 Å². The highest BCUT2D eigenvalue weighted by Gasteiger charge is 2.37. The lowest BCUT2D eigenvalue weighted by atomic mass is 10.0. The van der Waals surface area contributed by atoms with E-state index in [1.807, 2.05) is 41.0 Å². The number of carbonyl (C=O) groups excluding carboxylic acids is 2. The van der Waals surface area contributed by atoms with Gasteiger partial charge in [0.1, 0.15) is 11.0 Å². The number of carboxylic acids is 1. The molecular weight excluding hydrogens is 392 g/mol. The third-order valence-electron chi connectivity index (χ3n) is 4.79. The van der Waals surface area contributed by atoms with Crippen molar-refractivity contribution in [1.29, 1.82) is 0 Å². The van der Waals surface area contributed by atoms with Crippen LogP contribution in [0.3, 0.4) is 0 Å². The molecule has 7 nitrogen and oxygen atoms in total. The second-order valence-electron chi connectivity index (χ2n) is 6.68. The highest BCUT2D eigenvalue weighted by atomic mass is 32.2. The highest BCUT2D eigenvalue weighted by Crippen LogP contribution is 2.45. The summed E-state index contributed by atoms with van der Waals surface area (Å²) in [6.45, 7) is -0.100. The normalized spacial score (nSPS) is 15.9. The number of hydrogen-bond acceptors (Lipinski definition) is 5. The number of Topliss-reactive ketones (excluding diaryl/α,β-unsaturated/α-hetero) is 1. The van der Waals surface area contributed by atoms with E-state index in [4.69, 9.17) is 15.6 Å². The van der Waals surface area contributed by atoms with Crippen molar-refractivity contribution in [2.45, 2.75) is 11.8 Å². The standard InChI is InChI=1S/C21H18N2O5S/c22-21(27)20-18-17-13(7-4-8-15(17)28-10-16(25)26)23(19(18)14(24)11-29-20)9-12-5-2-1-3-6-12/h1-8,20H,9-11H2,(H2,22,27)(H,25,26)/t20-/m0/s1. The van der Waals surface area contributed by atoms with Crippen molar-refractivity contribution in [1.82, 2.24) is 4.57 Å². The van der Waals surface area contributed by atoms with Crippen molar-refractivity contribution < 1.29 is 24.2 Å². The predicted octanol–water partition coefficient (Wildman–Crippen LogP) is 2.61. The van der Waals surface area contributed by atoms with Gasteiger partial charge < -0.3 is 20.1 Å². The number of thioether (sulfide) groups is 1. The number of ether oxygens (including phenoxy) is 1. The van der Waals surface area contributed by atoms with Gasteiger partial charge in [0.25, 0.3) is 0 Å². The summed E-state index contributed by atoms with van der Waals surface area (Å²) in [7, 11) is 0. The van der Waals surface area contributed by atoms with Crippen LogP contribution < -0.4 is 10.5 Å². The van der Waals surface area contributed by atoms with Crippen molar-refractivity contribution in [2.24, 2.45) is 5.73 Å². The molecule has 0 fully saturated rings. The maximum Gasteiger partial charge on any atom is 0.341 e. The first kappa shape index (κ1) is 19.1. The molecule has 1 aliphatic rings. The number of aromatic nitrogens is 1. The Morgan fingerprint density at radius 1 is 1.17 bits per heavy atom. The molecule has 0 radical (unpaired) electrons. The van der Waals surface area contributed by atoms with E-state index in [1.54, 1.807) is 12.1 Å². The quantitative estimate of drug-likeness (QED) is 0.646. The van der Waals surface area contributed by atoms with E-state index >= 15 is 0 Å². The van der Waals surface area contributed by atoms with Gasteiger partial charge in [0.2, 0.25) is 5.91 Å². The van der Waals surface area contributed by atoms with E-state index in [-0.39, 0.29) is 11.5 Å². The number of carboxylic acid groups (broad SMARTS) is 1. The lowest BCUT2D eigenvalue weighted by Crippen LogP contribution is -2.27. The smallest absolute Gasteiger partial charge is 0.341 e. The number of amides is 1. The Bertz CT molecular complexity index is 1120. The molecule has 1 aliphatic heterocycles. The van der Waals surface area contributed by atoms with Gasteiger partial charge in [0, 0.05) is 17.5 Å². The lowest BCUT2D eigenvalue weighted by Gasteiger charge is -2.21. The molecule has 0 saturated carbocycles. The third kappa shape index (κ3) is 3.47. The van der Waals surface area contributed by atoms with Crippen LogP contribution in [-0.4, -0.2) is 39.7 Å². The molecule has 29 heavy (non-hydrogen) atoms. The number of carbonyl (C=O) groups is 3. The van der Waals surface area contributed by atoms with E-state index in [9.17, 15) is 14.4 Å². The number of fused-ring (bicyclic) bond motifs is 3. The Morgan fingerprint density at radius 3 is 2.62 bits per heavy atom. The minimum atomic E-state index is -1.11. The molecule has 0 saturated heterocycles. The molecule has 0 bridgehead atoms. The van der Waals surface area contributed by atoms with Gasteiger partial charge in [-0.2, -0.15) is 0 Å². The second-order valence-corrected chi connectivity index (χ2v) is 7.78. The van der Waals surface area contributed by atoms with E-state index in [1.165, 1.54) is 11.8 Å². The largest absolute Gasteiger partial charge is 0.481 e. The monoisotopic (exact) mass is 410 g/mol. The van der Waals surface area contributed by atoms with Gasteiger partial charge in [-0.15, -0.1) is 11.8 Å². The molecule has 4 rings (SSSR count). The van der Waals surface area contributed by atoms with Gasteiger partial charge in [-0.05, 0) is 17.7 Å². The van der Waals surface area contributed by atoms with Crippen molar-refractivity contribution >= 4 is 40.3 Å². The summed E-state index contributed by atoms with van der Waals surface area (Å²) in [5.41, 5.74) is 8.26. The molecule has 1 atom stereocenters. The molecular formula is C21H18N2O5S. The molecule has 0 aliphatic carbocycles. The summed E-state index contributed by atoms with van der Waals surface area (Å²) in [5, 5.41) is 8.85. The predicted molar refractivity (Wildman–Crippen MR) is 109 cm³/mol. The maximum absolute atomic E-state index is 12.9. The fourth-order valence-corrected chi connectivity index (χ4v) is 4.70. The van der Waals surface area contributed by atoms with Gasteiger partial charge in [0.15, 0.2) is 12.4 Å². The van der Waals surface area contributed by atoms with Crippen LogP contribution in [0.5, 0.6) is 5.75 Å². The molecule has 3 aromatic rings. The van der Waals surface area contributed by atoms with Crippen molar-refractivity contribution in [3.05, 3.63) is 65.4 Å². The minimum Gasteiger partial charge on any atom is -0.481 e. The van der Waals surface area contributed by atoms with Crippen LogP contribution in [0.25, 0.3) is 10.9 Å². The Kier molecular flexibility index (Phi) is 5.02. The summed E-state index contributed by atoms with van der Waals surface area (Å²) >= 11 is 1.18. The van der Waals surface area contributed by atoms with Crippen LogP contribution in [-0.2, 0) is 16.1 Å². The summed E-state index contributed by atoms with van der Waals surface area (Å²) in [4.78, 5) is 36.0.